The van der Waals surface area contributed by atoms with Crippen LogP contribution in [0.3, 0.4) is 0 Å². The van der Waals surface area contributed by atoms with Gasteiger partial charge in [-0.05, 0) is 18.6 Å². The van der Waals surface area contributed by atoms with E-state index in [0.29, 0.717) is 6.54 Å². The van der Waals surface area contributed by atoms with E-state index in [0.717, 1.165) is 22.2 Å². The van der Waals surface area contributed by atoms with Crippen molar-refractivity contribution in [3.05, 3.63) is 41.6 Å². The lowest BCUT2D eigenvalue weighted by Crippen LogP contribution is -2.30. The predicted octanol–water partition coefficient (Wildman–Crippen LogP) is 1.54. The Balaban J connectivity index is 2.22. The number of aryl methyl sites for hydroxylation is 1. The van der Waals surface area contributed by atoms with Crippen LogP contribution < -0.4 is 0 Å². The molecule has 0 bridgehead atoms. The molecule has 19 heavy (non-hydrogen) atoms. The van der Waals surface area contributed by atoms with Gasteiger partial charge in [0.2, 0.25) is 5.91 Å². The van der Waals surface area contributed by atoms with Gasteiger partial charge in [-0.25, -0.2) is 0 Å². The molecule has 1 aromatic heterocycles. The average molecular weight is 258 g/mol. The number of carbonyl (C=O) groups is 1. The molecule has 0 aliphatic carbocycles. The second-order valence-corrected chi connectivity index (χ2v) is 4.66. The Bertz CT molecular complexity index is 596. The van der Waals surface area contributed by atoms with Crippen molar-refractivity contribution in [2.45, 2.75) is 13.3 Å². The van der Waals surface area contributed by atoms with Gasteiger partial charge in [0.1, 0.15) is 0 Å². The van der Waals surface area contributed by atoms with Crippen LogP contribution >= 0.6 is 0 Å². The van der Waals surface area contributed by atoms with Crippen molar-refractivity contribution in [2.24, 2.45) is 0 Å². The van der Waals surface area contributed by atoms with Crippen LogP contribution in [-0.2, 0) is 11.2 Å². The summed E-state index contributed by atoms with van der Waals surface area (Å²) in [5.74, 6) is -0.0329. The zero-order valence-corrected chi connectivity index (χ0v) is 11.3. The molecule has 0 aliphatic heterocycles. The molecule has 4 heteroatoms. The predicted molar refractivity (Wildman–Crippen MR) is 74.9 cm³/mol. The van der Waals surface area contributed by atoms with Gasteiger partial charge in [-0.15, -0.1) is 0 Å². The fraction of sp³-hybridized carbons (Fsp3) is 0.333. The van der Waals surface area contributed by atoms with Crippen LogP contribution in [0.4, 0.5) is 0 Å². The maximum atomic E-state index is 11.9. The Kier molecular flexibility index (Phi) is 4.12. The van der Waals surface area contributed by atoms with Gasteiger partial charge in [-0.2, -0.15) is 0 Å². The van der Waals surface area contributed by atoms with E-state index < -0.39 is 0 Å². The van der Waals surface area contributed by atoms with E-state index in [1.165, 1.54) is 4.90 Å². The number of aliphatic hydroxyl groups excluding tert-OH is 1. The third kappa shape index (κ3) is 3.09. The first-order valence-corrected chi connectivity index (χ1v) is 6.32. The molecule has 2 aromatic rings. The number of pyridine rings is 1. The zero-order valence-electron chi connectivity index (χ0n) is 11.3. The molecule has 1 aromatic carbocycles. The van der Waals surface area contributed by atoms with Crippen molar-refractivity contribution in [2.75, 3.05) is 20.2 Å². The van der Waals surface area contributed by atoms with Gasteiger partial charge in [-0.3, -0.25) is 9.78 Å². The molecule has 1 heterocycles. The minimum Gasteiger partial charge on any atom is -0.395 e. The van der Waals surface area contributed by atoms with Gasteiger partial charge in [0, 0.05) is 19.0 Å². The van der Waals surface area contributed by atoms with Crippen molar-refractivity contribution in [3.63, 3.8) is 0 Å². The molecule has 0 saturated carbocycles. The second-order valence-electron chi connectivity index (χ2n) is 4.66. The molecule has 0 fully saturated rings. The lowest BCUT2D eigenvalue weighted by atomic mass is 10.1. The molecular formula is C15H18N2O2. The van der Waals surface area contributed by atoms with E-state index in [-0.39, 0.29) is 18.9 Å². The van der Waals surface area contributed by atoms with Crippen LogP contribution in [0, 0.1) is 6.92 Å². The van der Waals surface area contributed by atoms with Crippen LogP contribution in [0.2, 0.25) is 0 Å². The monoisotopic (exact) mass is 258 g/mol. The summed E-state index contributed by atoms with van der Waals surface area (Å²) in [6, 6.07) is 9.90. The standard InChI is InChI=1S/C15H18N2O2/c1-11-4-3-5-12-6-7-13(16-15(11)12)10-14(19)17(2)8-9-18/h3-7,18H,8-10H2,1-2H3. The smallest absolute Gasteiger partial charge is 0.228 e. The molecule has 100 valence electrons. The number of hydrogen-bond donors (Lipinski definition) is 1. The second kappa shape index (κ2) is 5.80. The summed E-state index contributed by atoms with van der Waals surface area (Å²) in [5.41, 5.74) is 2.81. The van der Waals surface area contributed by atoms with E-state index in [2.05, 4.69) is 4.98 Å². The summed E-state index contributed by atoms with van der Waals surface area (Å²) in [6.45, 7) is 2.34. The number of benzene rings is 1. The highest BCUT2D eigenvalue weighted by atomic mass is 16.3. The van der Waals surface area contributed by atoms with Crippen LogP contribution in [-0.4, -0.2) is 41.1 Å². The highest BCUT2D eigenvalue weighted by Gasteiger charge is 2.10. The summed E-state index contributed by atoms with van der Waals surface area (Å²) in [6.07, 6.45) is 0.265. The van der Waals surface area contributed by atoms with Gasteiger partial charge < -0.3 is 10.0 Å². The van der Waals surface area contributed by atoms with E-state index >= 15 is 0 Å². The van der Waals surface area contributed by atoms with Gasteiger partial charge in [0.25, 0.3) is 0 Å². The lowest BCUT2D eigenvalue weighted by Gasteiger charge is -2.15. The largest absolute Gasteiger partial charge is 0.395 e. The number of para-hydroxylation sites is 1. The van der Waals surface area contributed by atoms with E-state index in [9.17, 15) is 4.79 Å². The minimum absolute atomic E-state index is 0.0213. The first-order chi connectivity index (χ1) is 9.11. The lowest BCUT2D eigenvalue weighted by molar-refractivity contribution is -0.129. The van der Waals surface area contributed by atoms with Crippen molar-refractivity contribution in [1.82, 2.24) is 9.88 Å². The highest BCUT2D eigenvalue weighted by molar-refractivity contribution is 5.83. The van der Waals surface area contributed by atoms with Crippen LogP contribution in [0.15, 0.2) is 30.3 Å². The molecule has 0 radical (unpaired) electrons. The Morgan fingerprint density at radius 3 is 2.84 bits per heavy atom. The third-order valence-corrected chi connectivity index (χ3v) is 3.17. The van der Waals surface area contributed by atoms with Gasteiger partial charge in [0.15, 0.2) is 0 Å². The quantitative estimate of drug-likeness (QED) is 0.905. The Morgan fingerprint density at radius 2 is 2.11 bits per heavy atom. The van der Waals surface area contributed by atoms with Crippen LogP contribution in [0.5, 0.6) is 0 Å². The maximum absolute atomic E-state index is 11.9. The van der Waals surface area contributed by atoms with E-state index in [1.807, 2.05) is 37.3 Å². The fourth-order valence-corrected chi connectivity index (χ4v) is 2.00. The summed E-state index contributed by atoms with van der Waals surface area (Å²) in [5, 5.41) is 9.90. The van der Waals surface area contributed by atoms with Crippen molar-refractivity contribution in [3.8, 4) is 0 Å². The summed E-state index contributed by atoms with van der Waals surface area (Å²) in [7, 11) is 1.69. The molecule has 4 nitrogen and oxygen atoms in total. The minimum atomic E-state index is -0.0329. The number of aromatic nitrogens is 1. The molecule has 1 amide bonds. The SMILES string of the molecule is Cc1cccc2ccc(CC(=O)N(C)CCO)nc12. The molecule has 2 rings (SSSR count). The molecular weight excluding hydrogens is 240 g/mol. The number of fused-ring (bicyclic) bond motifs is 1. The van der Waals surface area contributed by atoms with E-state index in [1.54, 1.807) is 7.05 Å². The topological polar surface area (TPSA) is 53.4 Å². The molecule has 0 spiro atoms. The molecule has 0 saturated heterocycles. The number of carbonyl (C=O) groups excluding carboxylic acids is 1. The Hall–Kier alpha value is -1.94. The summed E-state index contributed by atoms with van der Waals surface area (Å²) < 4.78 is 0. The first-order valence-electron chi connectivity index (χ1n) is 6.32. The normalized spacial score (nSPS) is 10.7. The molecule has 0 atom stereocenters. The number of nitrogens with zero attached hydrogens (tertiary/aromatic N) is 2. The maximum Gasteiger partial charge on any atom is 0.228 e. The fourth-order valence-electron chi connectivity index (χ4n) is 2.00. The Morgan fingerprint density at radius 1 is 1.32 bits per heavy atom. The molecule has 1 N–H and O–H groups in total. The van der Waals surface area contributed by atoms with Crippen LogP contribution in [0.1, 0.15) is 11.3 Å². The number of likely N-dealkylation sites (N-methyl/N-ethyl adjacent to an activating group) is 1. The number of rotatable bonds is 4. The number of aliphatic hydroxyl groups is 1. The van der Waals surface area contributed by atoms with E-state index in [4.69, 9.17) is 5.11 Å². The summed E-state index contributed by atoms with van der Waals surface area (Å²) in [4.78, 5) is 18.0. The average Bonchev–Trinajstić information content (AvgIpc) is 2.40. The molecule has 0 unspecified atom stereocenters. The highest BCUT2D eigenvalue weighted by Crippen LogP contribution is 2.16. The third-order valence-electron chi connectivity index (χ3n) is 3.17. The summed E-state index contributed by atoms with van der Waals surface area (Å²) >= 11 is 0. The first kappa shape index (κ1) is 13.5. The zero-order chi connectivity index (χ0) is 13.8. The van der Waals surface area contributed by atoms with Crippen LogP contribution in [0.25, 0.3) is 10.9 Å². The van der Waals surface area contributed by atoms with Crippen molar-refractivity contribution in [1.29, 1.82) is 0 Å². The van der Waals surface area contributed by atoms with Gasteiger partial charge in [0.05, 0.1) is 24.2 Å². The van der Waals surface area contributed by atoms with Crippen molar-refractivity contribution >= 4 is 16.8 Å². The Labute approximate surface area is 112 Å². The van der Waals surface area contributed by atoms with Gasteiger partial charge >= 0.3 is 0 Å². The molecule has 0 aliphatic rings. The number of amides is 1. The van der Waals surface area contributed by atoms with Crippen molar-refractivity contribution < 1.29 is 9.90 Å². The number of hydrogen-bond acceptors (Lipinski definition) is 3. The van der Waals surface area contributed by atoms with Gasteiger partial charge in [-0.1, -0.05) is 24.3 Å².